The number of aryl methyl sites for hydroxylation is 1. The second kappa shape index (κ2) is 10.9. The van der Waals surface area contributed by atoms with Gasteiger partial charge in [0.05, 0.1) is 35.4 Å². The predicted octanol–water partition coefficient (Wildman–Crippen LogP) is 4.77. The summed E-state index contributed by atoms with van der Waals surface area (Å²) < 4.78 is 8.43. The van der Waals surface area contributed by atoms with Crippen molar-refractivity contribution in [3.63, 3.8) is 0 Å². The molecule has 1 saturated heterocycles. The second-order valence-electron chi connectivity index (χ2n) is 9.49. The van der Waals surface area contributed by atoms with Crippen LogP contribution in [0, 0.1) is 0 Å². The Morgan fingerprint density at radius 2 is 1.92 bits per heavy atom. The number of nitrogens with zero attached hydrogens (tertiary/aromatic N) is 4. The first-order valence-electron chi connectivity index (χ1n) is 12.7. The average Bonchev–Trinajstić information content (AvgIpc) is 3.21. The lowest BCUT2D eigenvalue weighted by atomic mass is 9.99. The van der Waals surface area contributed by atoms with E-state index in [0.717, 1.165) is 40.4 Å². The van der Waals surface area contributed by atoms with Gasteiger partial charge in [-0.25, -0.2) is 9.59 Å². The molecule has 8 nitrogen and oxygen atoms in total. The van der Waals surface area contributed by atoms with Gasteiger partial charge in [0, 0.05) is 37.3 Å². The van der Waals surface area contributed by atoms with Gasteiger partial charge in [-0.05, 0) is 55.2 Å². The summed E-state index contributed by atoms with van der Waals surface area (Å²) in [4.78, 5) is 32.4. The monoisotopic (exact) mass is 522 g/mol. The Morgan fingerprint density at radius 1 is 1.14 bits per heavy atom. The average molecular weight is 523 g/mol. The molecule has 1 amide bonds. The molecule has 0 aliphatic carbocycles. The Morgan fingerprint density at radius 3 is 2.68 bits per heavy atom. The lowest BCUT2D eigenvalue weighted by Gasteiger charge is -2.31. The van der Waals surface area contributed by atoms with Gasteiger partial charge in [0.25, 0.3) is 0 Å². The van der Waals surface area contributed by atoms with E-state index in [0.29, 0.717) is 49.4 Å². The lowest BCUT2D eigenvalue weighted by Crippen LogP contribution is -2.41. The third-order valence-electron chi connectivity index (χ3n) is 7.33. The Kier molecular flexibility index (Phi) is 7.48. The SMILES string of the molecule is COC(=O)N1CCC(n2c(=O)n(Cc3ncc4ccccc4c3CCCCO)c3cccc(Cl)c32)CC1. The number of halogens is 1. The number of benzene rings is 2. The van der Waals surface area contributed by atoms with Gasteiger partial charge >= 0.3 is 11.8 Å². The molecule has 4 aromatic rings. The lowest BCUT2D eigenvalue weighted by molar-refractivity contribution is 0.107. The van der Waals surface area contributed by atoms with Crippen LogP contribution < -0.4 is 5.69 Å². The second-order valence-corrected chi connectivity index (χ2v) is 9.89. The van der Waals surface area contributed by atoms with E-state index >= 15 is 0 Å². The smallest absolute Gasteiger partial charge is 0.409 e. The van der Waals surface area contributed by atoms with E-state index in [1.807, 2.05) is 42.6 Å². The van der Waals surface area contributed by atoms with E-state index in [9.17, 15) is 14.7 Å². The van der Waals surface area contributed by atoms with Crippen molar-refractivity contribution >= 4 is 39.5 Å². The number of rotatable bonds is 7. The van der Waals surface area contributed by atoms with Crippen LogP contribution in [-0.2, 0) is 17.7 Å². The number of fused-ring (bicyclic) bond motifs is 2. The zero-order valence-corrected chi connectivity index (χ0v) is 21.7. The number of imidazole rings is 1. The summed E-state index contributed by atoms with van der Waals surface area (Å²) in [6.07, 6.45) is 5.11. The van der Waals surface area contributed by atoms with Gasteiger partial charge in [0.1, 0.15) is 0 Å². The van der Waals surface area contributed by atoms with E-state index in [4.69, 9.17) is 21.3 Å². The van der Waals surface area contributed by atoms with E-state index in [2.05, 4.69) is 6.07 Å². The minimum Gasteiger partial charge on any atom is -0.453 e. The Balaban J connectivity index is 1.57. The summed E-state index contributed by atoms with van der Waals surface area (Å²) in [6.45, 7) is 1.50. The summed E-state index contributed by atoms with van der Waals surface area (Å²) in [5.74, 6) is 0. The number of pyridine rings is 1. The van der Waals surface area contributed by atoms with Gasteiger partial charge in [0.15, 0.2) is 0 Å². The maximum atomic E-state index is 14.0. The zero-order valence-electron chi connectivity index (χ0n) is 20.9. The molecule has 9 heteroatoms. The summed E-state index contributed by atoms with van der Waals surface area (Å²) in [7, 11) is 1.38. The number of amides is 1. The largest absolute Gasteiger partial charge is 0.453 e. The van der Waals surface area contributed by atoms with Gasteiger partial charge in [-0.3, -0.25) is 14.1 Å². The molecule has 1 fully saturated rings. The Bertz CT molecular complexity index is 1490. The maximum Gasteiger partial charge on any atom is 0.409 e. The highest BCUT2D eigenvalue weighted by atomic mass is 35.5. The van der Waals surface area contributed by atoms with Crippen molar-refractivity contribution in [2.75, 3.05) is 26.8 Å². The molecule has 194 valence electrons. The van der Waals surface area contributed by atoms with Gasteiger partial charge in [-0.1, -0.05) is 41.9 Å². The first-order valence-corrected chi connectivity index (χ1v) is 13.1. The number of carbonyl (C=O) groups is 1. The molecule has 37 heavy (non-hydrogen) atoms. The fourth-order valence-corrected chi connectivity index (χ4v) is 5.72. The molecule has 0 unspecified atom stereocenters. The van der Waals surface area contributed by atoms with Crippen molar-refractivity contribution in [1.29, 1.82) is 0 Å². The van der Waals surface area contributed by atoms with Gasteiger partial charge in [0.2, 0.25) is 0 Å². The number of para-hydroxylation sites is 1. The third-order valence-corrected chi connectivity index (χ3v) is 7.64. The van der Waals surface area contributed by atoms with E-state index in [1.54, 1.807) is 14.0 Å². The topological polar surface area (TPSA) is 89.6 Å². The minimum absolute atomic E-state index is 0.0781. The van der Waals surface area contributed by atoms with Crippen LogP contribution in [0.3, 0.4) is 0 Å². The van der Waals surface area contributed by atoms with E-state index in [-0.39, 0.29) is 24.4 Å². The van der Waals surface area contributed by atoms with Crippen LogP contribution in [0.5, 0.6) is 0 Å². The first-order chi connectivity index (χ1) is 18.0. The number of aliphatic hydroxyl groups is 1. The summed E-state index contributed by atoms with van der Waals surface area (Å²) in [6, 6.07) is 13.7. The molecule has 2 aromatic carbocycles. The predicted molar refractivity (Wildman–Crippen MR) is 144 cm³/mol. The molecule has 0 saturated carbocycles. The highest BCUT2D eigenvalue weighted by molar-refractivity contribution is 6.35. The fourth-order valence-electron chi connectivity index (χ4n) is 5.46. The first kappa shape index (κ1) is 25.3. The molecule has 0 atom stereocenters. The van der Waals surface area contributed by atoms with Crippen LogP contribution in [0.2, 0.25) is 5.02 Å². The number of aliphatic hydroxyl groups excluding tert-OH is 1. The van der Waals surface area contributed by atoms with E-state index < -0.39 is 0 Å². The van der Waals surface area contributed by atoms with Crippen LogP contribution in [0.25, 0.3) is 21.8 Å². The Labute approximate surface area is 220 Å². The summed E-state index contributed by atoms with van der Waals surface area (Å²) >= 11 is 6.67. The van der Waals surface area contributed by atoms with Crippen LogP contribution in [0.4, 0.5) is 4.79 Å². The van der Waals surface area contributed by atoms with Crippen molar-refractivity contribution in [3.05, 3.63) is 75.4 Å². The molecular formula is C28H31ClN4O4. The quantitative estimate of drug-likeness (QED) is 0.353. The molecule has 0 bridgehead atoms. The molecule has 0 radical (unpaired) electrons. The molecule has 1 aliphatic rings. The van der Waals surface area contributed by atoms with Gasteiger partial charge in [-0.15, -0.1) is 0 Å². The molecule has 5 rings (SSSR count). The number of hydrogen-bond acceptors (Lipinski definition) is 5. The summed E-state index contributed by atoms with van der Waals surface area (Å²) in [5, 5.41) is 12.0. The molecular weight excluding hydrogens is 492 g/mol. The van der Waals surface area contributed by atoms with Crippen LogP contribution >= 0.6 is 11.6 Å². The third kappa shape index (κ3) is 4.83. The minimum atomic E-state index is -0.345. The molecule has 0 spiro atoms. The normalized spacial score (nSPS) is 14.5. The van der Waals surface area contributed by atoms with Crippen molar-refractivity contribution < 1.29 is 14.6 Å². The highest BCUT2D eigenvalue weighted by Crippen LogP contribution is 2.31. The number of ether oxygens (including phenoxy) is 1. The van der Waals surface area contributed by atoms with E-state index in [1.165, 1.54) is 7.11 Å². The van der Waals surface area contributed by atoms with Crippen LogP contribution in [0.1, 0.15) is 43.0 Å². The van der Waals surface area contributed by atoms with Crippen molar-refractivity contribution in [1.82, 2.24) is 19.0 Å². The highest BCUT2D eigenvalue weighted by Gasteiger charge is 2.28. The summed E-state index contributed by atoms with van der Waals surface area (Å²) in [5.41, 5.74) is 3.30. The molecule has 2 aromatic heterocycles. The van der Waals surface area contributed by atoms with Crippen LogP contribution in [0.15, 0.2) is 53.5 Å². The number of likely N-dealkylation sites (tertiary alicyclic amines) is 1. The van der Waals surface area contributed by atoms with Crippen molar-refractivity contribution in [3.8, 4) is 0 Å². The number of piperidine rings is 1. The van der Waals surface area contributed by atoms with Crippen molar-refractivity contribution in [2.45, 2.75) is 44.7 Å². The number of carbonyl (C=O) groups excluding carboxylic acids is 1. The Hall–Kier alpha value is -3.36. The number of unbranched alkanes of at least 4 members (excludes halogenated alkanes) is 1. The van der Waals surface area contributed by atoms with Crippen molar-refractivity contribution in [2.24, 2.45) is 0 Å². The molecule has 1 aliphatic heterocycles. The molecule has 3 heterocycles. The molecule has 1 N–H and O–H groups in total. The maximum absolute atomic E-state index is 14.0. The number of methoxy groups -OCH3 is 1. The van der Waals surface area contributed by atoms with Gasteiger partial charge in [-0.2, -0.15) is 0 Å². The van der Waals surface area contributed by atoms with Crippen LogP contribution in [-0.4, -0.2) is 57.0 Å². The van der Waals surface area contributed by atoms with Gasteiger partial charge < -0.3 is 14.7 Å². The zero-order chi connectivity index (χ0) is 25.9. The fraction of sp³-hybridized carbons (Fsp3) is 0.393. The number of hydrogen-bond donors (Lipinski definition) is 1. The standard InChI is InChI=1S/C28H31ClN4O4/c1-37-28(36)31-14-12-20(13-15-31)33-26-23(29)10-6-11-25(26)32(27(33)35)18-24-22(9-4-5-16-34)21-8-3-2-7-19(21)17-30-24/h2-3,6-8,10-11,17,20,34H,4-5,9,12-16,18H2,1H3. The number of aromatic nitrogens is 3.